The first-order valence-corrected chi connectivity index (χ1v) is 7.60. The van der Waals surface area contributed by atoms with E-state index in [0.29, 0.717) is 17.2 Å². The van der Waals surface area contributed by atoms with Gasteiger partial charge in [0.2, 0.25) is 11.8 Å². The van der Waals surface area contributed by atoms with Gasteiger partial charge in [0.05, 0.1) is 0 Å². The van der Waals surface area contributed by atoms with Crippen LogP contribution in [-0.4, -0.2) is 23.0 Å². The fourth-order valence-electron chi connectivity index (χ4n) is 1.69. The van der Waals surface area contributed by atoms with Crippen LogP contribution in [0.15, 0.2) is 33.7 Å². The van der Waals surface area contributed by atoms with E-state index >= 15 is 0 Å². The molecule has 2 aromatic heterocycles. The monoisotopic (exact) mass is 319 g/mol. The molecule has 2 rings (SSSR count). The molecule has 0 unspecified atom stereocenters. The van der Waals surface area contributed by atoms with Crippen LogP contribution >= 0.6 is 11.3 Å². The van der Waals surface area contributed by atoms with E-state index < -0.39 is 6.04 Å². The van der Waals surface area contributed by atoms with Crippen molar-refractivity contribution in [3.8, 4) is 0 Å². The number of aryl methyl sites for hydroxylation is 1. The zero-order valence-corrected chi connectivity index (χ0v) is 13.4. The maximum absolute atomic E-state index is 12.1. The Kier molecular flexibility index (Phi) is 5.11. The number of rotatable bonds is 5. The summed E-state index contributed by atoms with van der Waals surface area (Å²) in [6.07, 6.45) is 1.78. The van der Waals surface area contributed by atoms with Gasteiger partial charge in [0.25, 0.3) is 0 Å². The molecule has 1 atom stereocenters. The largest absolute Gasteiger partial charge is 0.360 e. The summed E-state index contributed by atoms with van der Waals surface area (Å²) in [7, 11) is 0. The lowest BCUT2D eigenvalue weighted by Gasteiger charge is -2.13. The minimum Gasteiger partial charge on any atom is -0.360 e. The van der Waals surface area contributed by atoms with E-state index in [1.54, 1.807) is 44.3 Å². The molecule has 0 radical (unpaired) electrons. The molecule has 2 N–H and O–H groups in total. The van der Waals surface area contributed by atoms with Gasteiger partial charge in [-0.1, -0.05) is 11.2 Å². The Morgan fingerprint density at radius 2 is 2.23 bits per heavy atom. The van der Waals surface area contributed by atoms with E-state index in [4.69, 9.17) is 4.52 Å². The number of nitrogens with zero attached hydrogens (tertiary/aromatic N) is 1. The minimum absolute atomic E-state index is 0.285. The summed E-state index contributed by atoms with van der Waals surface area (Å²) in [5.41, 5.74) is 0.541. The highest BCUT2D eigenvalue weighted by molar-refractivity contribution is 7.10. The molecule has 0 spiro atoms. The third-order valence-electron chi connectivity index (χ3n) is 2.88. The van der Waals surface area contributed by atoms with Crippen LogP contribution in [0.5, 0.6) is 0 Å². The van der Waals surface area contributed by atoms with Crippen molar-refractivity contribution in [1.29, 1.82) is 0 Å². The second-order valence-corrected chi connectivity index (χ2v) is 5.83. The van der Waals surface area contributed by atoms with Crippen molar-refractivity contribution in [2.24, 2.45) is 0 Å². The summed E-state index contributed by atoms with van der Waals surface area (Å²) in [6.45, 7) is 5.05. The maximum Gasteiger partial charge on any atom is 0.247 e. The molecule has 0 aliphatic carbocycles. The van der Waals surface area contributed by atoms with Crippen LogP contribution < -0.4 is 10.6 Å². The van der Waals surface area contributed by atoms with E-state index in [-0.39, 0.29) is 11.8 Å². The second-order valence-electron chi connectivity index (χ2n) is 4.85. The van der Waals surface area contributed by atoms with Crippen LogP contribution in [0.1, 0.15) is 24.5 Å². The van der Waals surface area contributed by atoms with Gasteiger partial charge in [-0.2, -0.15) is 0 Å². The molecule has 22 heavy (non-hydrogen) atoms. The Labute approximate surface area is 132 Å². The second kappa shape index (κ2) is 7.04. The fourth-order valence-corrected chi connectivity index (χ4v) is 2.40. The molecule has 0 saturated heterocycles. The van der Waals surface area contributed by atoms with Crippen LogP contribution in [0.2, 0.25) is 0 Å². The van der Waals surface area contributed by atoms with Gasteiger partial charge < -0.3 is 15.2 Å². The van der Waals surface area contributed by atoms with Crippen molar-refractivity contribution >= 4 is 35.0 Å². The first kappa shape index (κ1) is 16.0. The zero-order chi connectivity index (χ0) is 16.1. The highest BCUT2D eigenvalue weighted by Crippen LogP contribution is 2.13. The Morgan fingerprint density at radius 3 is 2.82 bits per heavy atom. The number of carbonyl (C=O) groups is 2. The van der Waals surface area contributed by atoms with Gasteiger partial charge in [0.1, 0.15) is 11.8 Å². The number of nitrogens with one attached hydrogen (secondary N) is 2. The van der Waals surface area contributed by atoms with Gasteiger partial charge in [-0.05, 0) is 38.3 Å². The lowest BCUT2D eigenvalue weighted by atomic mass is 10.2. The van der Waals surface area contributed by atoms with E-state index in [0.717, 1.165) is 4.88 Å². The highest BCUT2D eigenvalue weighted by Gasteiger charge is 2.17. The van der Waals surface area contributed by atoms with Crippen molar-refractivity contribution in [2.45, 2.75) is 26.8 Å². The summed E-state index contributed by atoms with van der Waals surface area (Å²) in [5.74, 6) is 0.286. The molecule has 2 aromatic rings. The zero-order valence-electron chi connectivity index (χ0n) is 12.5. The molecule has 2 amide bonds. The number of hydrogen-bond donors (Lipinski definition) is 2. The third-order valence-corrected chi connectivity index (χ3v) is 3.70. The van der Waals surface area contributed by atoms with E-state index in [1.807, 2.05) is 17.5 Å². The normalized spacial score (nSPS) is 12.8. The number of thiophene rings is 1. The van der Waals surface area contributed by atoms with Gasteiger partial charge >= 0.3 is 0 Å². The first-order valence-electron chi connectivity index (χ1n) is 6.72. The summed E-state index contributed by atoms with van der Waals surface area (Å²) < 4.78 is 4.86. The summed E-state index contributed by atoms with van der Waals surface area (Å²) in [6, 6.07) is 4.76. The molecule has 0 bridgehead atoms. The number of carbonyl (C=O) groups excluding carboxylic acids is 2. The van der Waals surface area contributed by atoms with Crippen LogP contribution in [0, 0.1) is 6.92 Å². The molecule has 116 valence electrons. The molecule has 0 saturated carbocycles. The highest BCUT2D eigenvalue weighted by atomic mass is 32.1. The van der Waals surface area contributed by atoms with Crippen LogP contribution in [0.3, 0.4) is 0 Å². The van der Waals surface area contributed by atoms with Gasteiger partial charge in [-0.3, -0.25) is 9.59 Å². The minimum atomic E-state index is -0.684. The molecule has 0 aliphatic rings. The molecule has 7 heteroatoms. The molecule has 6 nitrogen and oxygen atoms in total. The Hall–Kier alpha value is -2.41. The number of aromatic nitrogens is 1. The summed E-state index contributed by atoms with van der Waals surface area (Å²) in [5, 5.41) is 10.8. The molecule has 0 aliphatic heterocycles. The average molecular weight is 319 g/mol. The van der Waals surface area contributed by atoms with Crippen LogP contribution in [0.4, 0.5) is 5.82 Å². The van der Waals surface area contributed by atoms with Gasteiger partial charge in [-0.25, -0.2) is 0 Å². The lowest BCUT2D eigenvalue weighted by molar-refractivity contribution is -0.123. The Balaban J connectivity index is 1.91. The molecular formula is C15H17N3O3S. The Morgan fingerprint density at radius 1 is 1.45 bits per heavy atom. The number of hydrogen-bond acceptors (Lipinski definition) is 5. The first-order chi connectivity index (χ1) is 10.5. The SMILES string of the molecule is C/C(=C\c1cccs1)C(=O)N[C@@H](C)C(=O)Nc1cc(C)on1. The lowest BCUT2D eigenvalue weighted by Crippen LogP contribution is -2.41. The van der Waals surface area contributed by atoms with Crippen molar-refractivity contribution < 1.29 is 14.1 Å². The van der Waals surface area contributed by atoms with Crippen molar-refractivity contribution in [3.63, 3.8) is 0 Å². The predicted molar refractivity (Wildman–Crippen MR) is 85.4 cm³/mol. The summed E-state index contributed by atoms with van der Waals surface area (Å²) in [4.78, 5) is 25.0. The number of amides is 2. The maximum atomic E-state index is 12.1. The van der Waals surface area contributed by atoms with Gasteiger partial charge in [0.15, 0.2) is 5.82 Å². The molecule has 0 aromatic carbocycles. The topological polar surface area (TPSA) is 84.2 Å². The van der Waals surface area contributed by atoms with Gasteiger partial charge in [-0.15, -0.1) is 11.3 Å². The summed E-state index contributed by atoms with van der Waals surface area (Å²) >= 11 is 1.54. The van der Waals surface area contributed by atoms with Crippen molar-refractivity contribution in [3.05, 3.63) is 39.8 Å². The van der Waals surface area contributed by atoms with E-state index in [2.05, 4.69) is 15.8 Å². The average Bonchev–Trinajstić information content (AvgIpc) is 3.10. The van der Waals surface area contributed by atoms with Gasteiger partial charge in [0, 0.05) is 16.5 Å². The fraction of sp³-hybridized carbons (Fsp3) is 0.267. The molecule has 0 fully saturated rings. The van der Waals surface area contributed by atoms with Crippen LogP contribution in [-0.2, 0) is 9.59 Å². The van der Waals surface area contributed by atoms with Crippen molar-refractivity contribution in [2.75, 3.05) is 5.32 Å². The van der Waals surface area contributed by atoms with E-state index in [9.17, 15) is 9.59 Å². The quantitative estimate of drug-likeness (QED) is 0.830. The number of anilines is 1. The Bertz CT molecular complexity index is 689. The van der Waals surface area contributed by atoms with E-state index in [1.165, 1.54) is 0 Å². The third kappa shape index (κ3) is 4.29. The molecule has 2 heterocycles. The standard InChI is InChI=1S/C15H17N3O3S/c1-9(7-12-5-4-6-22-12)14(19)16-11(3)15(20)17-13-8-10(2)21-18-13/h4-8,11H,1-3H3,(H,16,19)(H,17,18,20)/b9-7+/t11-/m0/s1. The van der Waals surface area contributed by atoms with Crippen LogP contribution in [0.25, 0.3) is 6.08 Å². The van der Waals surface area contributed by atoms with Crippen molar-refractivity contribution in [1.82, 2.24) is 10.5 Å². The predicted octanol–water partition coefficient (Wildman–Crippen LogP) is 2.59. The smallest absolute Gasteiger partial charge is 0.247 e. The molecular weight excluding hydrogens is 302 g/mol.